The molecule has 5 heteroatoms. The van der Waals surface area contributed by atoms with Crippen LogP contribution in [-0.2, 0) is 4.74 Å². The quantitative estimate of drug-likeness (QED) is 0.774. The van der Waals surface area contributed by atoms with Crippen LogP contribution in [0.15, 0.2) is 30.3 Å². The number of aliphatic hydroxyl groups excluding tert-OH is 2. The Labute approximate surface area is 113 Å². The van der Waals surface area contributed by atoms with Crippen LogP contribution in [0.5, 0.6) is 0 Å². The SMILES string of the molecule is CC(C)(C)OC(=O)N[C@H](c1ccccc1)[C@@H](O)CO. The minimum Gasteiger partial charge on any atom is -0.444 e. The third-order valence-electron chi connectivity index (χ3n) is 2.40. The molecule has 0 heterocycles. The van der Waals surface area contributed by atoms with Crippen LogP contribution in [0.4, 0.5) is 4.79 Å². The largest absolute Gasteiger partial charge is 0.444 e. The van der Waals surface area contributed by atoms with Gasteiger partial charge in [0, 0.05) is 0 Å². The van der Waals surface area contributed by atoms with Crippen LogP contribution in [0.3, 0.4) is 0 Å². The Balaban J connectivity index is 2.80. The highest BCUT2D eigenvalue weighted by molar-refractivity contribution is 5.68. The van der Waals surface area contributed by atoms with Crippen molar-refractivity contribution < 1.29 is 19.7 Å². The van der Waals surface area contributed by atoms with Gasteiger partial charge in [-0.25, -0.2) is 4.79 Å². The molecule has 2 atom stereocenters. The van der Waals surface area contributed by atoms with E-state index in [1.54, 1.807) is 45.0 Å². The van der Waals surface area contributed by atoms with E-state index in [0.29, 0.717) is 5.56 Å². The van der Waals surface area contributed by atoms with Gasteiger partial charge in [0.1, 0.15) is 11.7 Å². The van der Waals surface area contributed by atoms with Gasteiger partial charge in [0.15, 0.2) is 0 Å². The van der Waals surface area contributed by atoms with Gasteiger partial charge in [0.25, 0.3) is 0 Å². The van der Waals surface area contributed by atoms with Gasteiger partial charge in [-0.3, -0.25) is 0 Å². The van der Waals surface area contributed by atoms with E-state index in [2.05, 4.69) is 5.32 Å². The van der Waals surface area contributed by atoms with E-state index in [1.807, 2.05) is 6.07 Å². The molecule has 0 bridgehead atoms. The van der Waals surface area contributed by atoms with E-state index < -0.39 is 30.4 Å². The van der Waals surface area contributed by atoms with Crippen LogP contribution in [-0.4, -0.2) is 34.6 Å². The summed E-state index contributed by atoms with van der Waals surface area (Å²) in [5.74, 6) is 0. The van der Waals surface area contributed by atoms with Crippen molar-refractivity contribution in [3.63, 3.8) is 0 Å². The Bertz CT molecular complexity index is 400. The first-order chi connectivity index (χ1) is 8.83. The molecule has 0 unspecified atom stereocenters. The summed E-state index contributed by atoms with van der Waals surface area (Å²) in [4.78, 5) is 11.7. The first-order valence-electron chi connectivity index (χ1n) is 6.17. The van der Waals surface area contributed by atoms with Crippen LogP contribution < -0.4 is 5.32 Å². The topological polar surface area (TPSA) is 78.8 Å². The molecule has 1 rings (SSSR count). The van der Waals surface area contributed by atoms with Crippen molar-refractivity contribution in [2.24, 2.45) is 0 Å². The summed E-state index contributed by atoms with van der Waals surface area (Å²) in [6.07, 6.45) is -1.72. The molecule has 19 heavy (non-hydrogen) atoms. The normalized spacial score (nSPS) is 14.6. The minimum atomic E-state index is -1.09. The average molecular weight is 267 g/mol. The summed E-state index contributed by atoms with van der Waals surface area (Å²) < 4.78 is 5.14. The molecule has 0 spiro atoms. The maximum Gasteiger partial charge on any atom is 0.408 e. The van der Waals surface area contributed by atoms with Gasteiger partial charge in [-0.15, -0.1) is 0 Å². The number of carbonyl (C=O) groups is 1. The molecule has 106 valence electrons. The lowest BCUT2D eigenvalue weighted by Gasteiger charge is -2.26. The summed E-state index contributed by atoms with van der Waals surface area (Å²) in [7, 11) is 0. The second kappa shape index (κ2) is 6.54. The van der Waals surface area contributed by atoms with E-state index in [4.69, 9.17) is 9.84 Å². The third-order valence-corrected chi connectivity index (χ3v) is 2.40. The molecule has 1 amide bonds. The second-order valence-electron chi connectivity index (χ2n) is 5.28. The highest BCUT2D eigenvalue weighted by atomic mass is 16.6. The highest BCUT2D eigenvalue weighted by Crippen LogP contribution is 2.18. The molecule has 0 saturated heterocycles. The Morgan fingerprint density at radius 3 is 2.37 bits per heavy atom. The standard InChI is InChI=1S/C14H21NO4/c1-14(2,3)19-13(18)15-12(11(17)9-16)10-7-5-4-6-8-10/h4-8,11-12,16-17H,9H2,1-3H3,(H,15,18)/t11-,12+/m0/s1. The molecule has 0 aliphatic rings. The number of aliphatic hydroxyl groups is 2. The second-order valence-corrected chi connectivity index (χ2v) is 5.28. The van der Waals surface area contributed by atoms with Gasteiger partial charge in [-0.05, 0) is 26.3 Å². The van der Waals surface area contributed by atoms with Gasteiger partial charge in [-0.1, -0.05) is 30.3 Å². The molecule has 1 aromatic rings. The van der Waals surface area contributed by atoms with E-state index in [0.717, 1.165) is 0 Å². The van der Waals surface area contributed by atoms with Gasteiger partial charge in [-0.2, -0.15) is 0 Å². The Morgan fingerprint density at radius 1 is 1.32 bits per heavy atom. The van der Waals surface area contributed by atoms with Crippen LogP contribution in [0.2, 0.25) is 0 Å². The molecule has 0 radical (unpaired) electrons. The molecular formula is C14H21NO4. The Hall–Kier alpha value is -1.59. The number of nitrogens with one attached hydrogen (secondary N) is 1. The number of hydrogen-bond donors (Lipinski definition) is 3. The van der Waals surface area contributed by atoms with Crippen molar-refractivity contribution in [1.29, 1.82) is 0 Å². The first-order valence-corrected chi connectivity index (χ1v) is 6.17. The summed E-state index contributed by atoms with van der Waals surface area (Å²) in [6, 6.07) is 8.24. The van der Waals surface area contributed by atoms with E-state index >= 15 is 0 Å². The van der Waals surface area contributed by atoms with Crippen LogP contribution in [0.25, 0.3) is 0 Å². The van der Waals surface area contributed by atoms with Crippen LogP contribution in [0, 0.1) is 0 Å². The number of hydrogen-bond acceptors (Lipinski definition) is 4. The fourth-order valence-electron chi connectivity index (χ4n) is 1.60. The number of benzene rings is 1. The van der Waals surface area contributed by atoms with Crippen LogP contribution >= 0.6 is 0 Å². The van der Waals surface area contributed by atoms with Crippen molar-refractivity contribution in [2.45, 2.75) is 38.5 Å². The van der Waals surface area contributed by atoms with E-state index in [1.165, 1.54) is 0 Å². The fraction of sp³-hybridized carbons (Fsp3) is 0.500. The van der Waals surface area contributed by atoms with E-state index in [9.17, 15) is 9.90 Å². The Kier molecular flexibility index (Phi) is 5.32. The van der Waals surface area contributed by atoms with Crippen molar-refractivity contribution in [1.82, 2.24) is 5.32 Å². The van der Waals surface area contributed by atoms with E-state index in [-0.39, 0.29) is 0 Å². The predicted octanol–water partition coefficient (Wildman–Crippen LogP) is 1.61. The molecule has 5 nitrogen and oxygen atoms in total. The average Bonchev–Trinajstić information content (AvgIpc) is 2.34. The van der Waals surface area contributed by atoms with Gasteiger partial charge in [0.2, 0.25) is 0 Å². The summed E-state index contributed by atoms with van der Waals surface area (Å²) >= 11 is 0. The van der Waals surface area contributed by atoms with Crippen molar-refractivity contribution in [2.75, 3.05) is 6.61 Å². The lowest BCUT2D eigenvalue weighted by Crippen LogP contribution is -2.40. The molecule has 0 aliphatic carbocycles. The summed E-state index contributed by atoms with van der Waals surface area (Å²) in [5.41, 5.74) is 0.0880. The summed E-state index contributed by atoms with van der Waals surface area (Å²) in [5, 5.41) is 21.4. The number of carbonyl (C=O) groups excluding carboxylic acids is 1. The molecule has 0 fully saturated rings. The van der Waals surface area contributed by atoms with Gasteiger partial charge < -0.3 is 20.3 Å². The van der Waals surface area contributed by atoms with Crippen molar-refractivity contribution in [3.8, 4) is 0 Å². The van der Waals surface area contributed by atoms with Gasteiger partial charge in [0.05, 0.1) is 12.6 Å². The number of amides is 1. The molecular weight excluding hydrogens is 246 g/mol. The monoisotopic (exact) mass is 267 g/mol. The number of rotatable bonds is 4. The molecule has 0 aliphatic heterocycles. The molecule has 0 saturated carbocycles. The summed E-state index contributed by atoms with van der Waals surface area (Å²) in [6.45, 7) is 4.82. The van der Waals surface area contributed by atoms with Crippen molar-refractivity contribution >= 4 is 6.09 Å². The molecule has 1 aromatic carbocycles. The predicted molar refractivity (Wildman–Crippen MR) is 71.6 cm³/mol. The van der Waals surface area contributed by atoms with Crippen molar-refractivity contribution in [3.05, 3.63) is 35.9 Å². The lowest BCUT2D eigenvalue weighted by atomic mass is 10.0. The maximum atomic E-state index is 11.7. The zero-order valence-electron chi connectivity index (χ0n) is 11.5. The zero-order valence-corrected chi connectivity index (χ0v) is 11.5. The third kappa shape index (κ3) is 5.28. The van der Waals surface area contributed by atoms with Crippen LogP contribution in [0.1, 0.15) is 32.4 Å². The minimum absolute atomic E-state index is 0.449. The fourth-order valence-corrected chi connectivity index (χ4v) is 1.60. The smallest absolute Gasteiger partial charge is 0.408 e. The zero-order chi connectivity index (χ0) is 14.5. The Morgan fingerprint density at radius 2 is 1.89 bits per heavy atom. The number of ether oxygens (including phenoxy) is 1. The molecule has 0 aromatic heterocycles. The maximum absolute atomic E-state index is 11.7. The number of alkyl carbamates (subject to hydrolysis) is 1. The highest BCUT2D eigenvalue weighted by Gasteiger charge is 2.25. The lowest BCUT2D eigenvalue weighted by molar-refractivity contribution is 0.0316. The molecule has 3 N–H and O–H groups in total. The first kappa shape index (κ1) is 15.5. The van der Waals surface area contributed by atoms with Gasteiger partial charge >= 0.3 is 6.09 Å².